The number of benzene rings is 1. The molecule has 0 spiro atoms. The highest BCUT2D eigenvalue weighted by Gasteiger charge is 2.22. The van der Waals surface area contributed by atoms with Gasteiger partial charge in [-0.25, -0.2) is 0 Å². The Morgan fingerprint density at radius 2 is 1.94 bits per heavy atom. The number of hydrogen-bond donors (Lipinski definition) is 1. The van der Waals surface area contributed by atoms with Gasteiger partial charge in [0.25, 0.3) is 0 Å². The summed E-state index contributed by atoms with van der Waals surface area (Å²) in [7, 11) is 0. The molecule has 1 nitrogen and oxygen atoms in total. The maximum Gasteiger partial charge on any atom is -0.00173 e. The topological polar surface area (TPSA) is 12.0 Å². The number of rotatable bonds is 4. The molecule has 0 radical (unpaired) electrons. The first-order valence-corrected chi connectivity index (χ1v) is 7.46. The fourth-order valence-electron chi connectivity index (χ4n) is 2.90. The lowest BCUT2D eigenvalue weighted by atomic mass is 9.82. The van der Waals surface area contributed by atoms with Gasteiger partial charge in [-0.15, -0.1) is 0 Å². The Kier molecular flexibility index (Phi) is 4.82. The van der Waals surface area contributed by atoms with Crippen LogP contribution in [0.2, 0.25) is 0 Å². The summed E-state index contributed by atoms with van der Waals surface area (Å²) < 4.78 is 0. The summed E-state index contributed by atoms with van der Waals surface area (Å²) in [6, 6.07) is 9.41. The van der Waals surface area contributed by atoms with Crippen LogP contribution in [0.25, 0.3) is 0 Å². The Hall–Kier alpha value is -0.820. The van der Waals surface area contributed by atoms with E-state index in [0.717, 1.165) is 17.8 Å². The number of aryl methyl sites for hydroxylation is 1. The molecule has 0 amide bonds. The largest absolute Gasteiger partial charge is 0.316 e. The number of piperidine rings is 1. The molecule has 1 saturated heterocycles. The van der Waals surface area contributed by atoms with Crippen LogP contribution in [0, 0.1) is 11.8 Å². The van der Waals surface area contributed by atoms with Crippen molar-refractivity contribution in [2.45, 2.75) is 46.0 Å². The second kappa shape index (κ2) is 6.38. The maximum absolute atomic E-state index is 3.48. The Morgan fingerprint density at radius 3 is 2.56 bits per heavy atom. The van der Waals surface area contributed by atoms with Crippen LogP contribution in [0.15, 0.2) is 24.3 Å². The molecule has 2 unspecified atom stereocenters. The van der Waals surface area contributed by atoms with E-state index in [1.165, 1.54) is 43.5 Å². The molecule has 0 bridgehead atoms. The van der Waals surface area contributed by atoms with Crippen LogP contribution < -0.4 is 5.32 Å². The minimum atomic E-state index is 0.755. The van der Waals surface area contributed by atoms with Crippen molar-refractivity contribution < 1.29 is 0 Å². The van der Waals surface area contributed by atoms with Crippen LogP contribution in [0.3, 0.4) is 0 Å². The molecule has 1 aromatic rings. The standard InChI is InChI=1S/C17H27N/c1-13(2)4-5-15-6-8-16(9-7-15)17-10-11-18-12-14(17)3/h6-9,13-14,17-18H,4-5,10-12H2,1-3H3. The second-order valence-corrected chi connectivity index (χ2v) is 6.25. The smallest absolute Gasteiger partial charge is 0.00173 e. The highest BCUT2D eigenvalue weighted by atomic mass is 14.9. The van der Waals surface area contributed by atoms with Crippen LogP contribution in [-0.2, 0) is 6.42 Å². The van der Waals surface area contributed by atoms with E-state index in [9.17, 15) is 0 Å². The average molecular weight is 245 g/mol. The second-order valence-electron chi connectivity index (χ2n) is 6.25. The molecule has 1 N–H and O–H groups in total. The van der Waals surface area contributed by atoms with Crippen molar-refractivity contribution in [3.63, 3.8) is 0 Å². The fourth-order valence-corrected chi connectivity index (χ4v) is 2.90. The van der Waals surface area contributed by atoms with E-state index >= 15 is 0 Å². The van der Waals surface area contributed by atoms with Crippen molar-refractivity contribution in [3.05, 3.63) is 35.4 Å². The van der Waals surface area contributed by atoms with E-state index < -0.39 is 0 Å². The van der Waals surface area contributed by atoms with Crippen LogP contribution in [0.1, 0.15) is 50.7 Å². The predicted octanol–water partition coefficient (Wildman–Crippen LogP) is 3.99. The van der Waals surface area contributed by atoms with Gasteiger partial charge in [-0.1, -0.05) is 45.0 Å². The van der Waals surface area contributed by atoms with Gasteiger partial charge in [0, 0.05) is 0 Å². The van der Waals surface area contributed by atoms with Crippen LogP contribution in [0.5, 0.6) is 0 Å². The Labute approximate surface area is 112 Å². The zero-order chi connectivity index (χ0) is 13.0. The van der Waals surface area contributed by atoms with Crippen molar-refractivity contribution in [1.29, 1.82) is 0 Å². The Morgan fingerprint density at radius 1 is 1.22 bits per heavy atom. The van der Waals surface area contributed by atoms with Gasteiger partial charge in [0.2, 0.25) is 0 Å². The zero-order valence-electron chi connectivity index (χ0n) is 12.1. The summed E-state index contributed by atoms with van der Waals surface area (Å²) in [6.45, 7) is 9.30. The molecule has 18 heavy (non-hydrogen) atoms. The first-order valence-electron chi connectivity index (χ1n) is 7.46. The predicted molar refractivity (Wildman–Crippen MR) is 79.0 cm³/mol. The highest BCUT2D eigenvalue weighted by molar-refractivity contribution is 5.26. The molecule has 100 valence electrons. The van der Waals surface area contributed by atoms with Crippen molar-refractivity contribution in [3.8, 4) is 0 Å². The number of hydrogen-bond acceptors (Lipinski definition) is 1. The molecule has 1 heteroatoms. The van der Waals surface area contributed by atoms with E-state index in [-0.39, 0.29) is 0 Å². The Balaban J connectivity index is 1.98. The molecule has 0 aliphatic carbocycles. The lowest BCUT2D eigenvalue weighted by molar-refractivity contribution is 0.349. The third-order valence-corrected chi connectivity index (χ3v) is 4.20. The minimum absolute atomic E-state index is 0.755. The fraction of sp³-hybridized carbons (Fsp3) is 0.647. The Bertz CT molecular complexity index is 352. The molecule has 1 heterocycles. The first kappa shape index (κ1) is 13.6. The summed E-state index contributed by atoms with van der Waals surface area (Å²) in [4.78, 5) is 0. The van der Waals surface area contributed by atoms with Gasteiger partial charge in [0.15, 0.2) is 0 Å². The van der Waals surface area contributed by atoms with Crippen molar-refractivity contribution >= 4 is 0 Å². The van der Waals surface area contributed by atoms with E-state index in [4.69, 9.17) is 0 Å². The van der Waals surface area contributed by atoms with Gasteiger partial charge in [0.1, 0.15) is 0 Å². The molecule has 1 aliphatic heterocycles. The lowest BCUT2D eigenvalue weighted by Crippen LogP contribution is -2.33. The summed E-state index contributed by atoms with van der Waals surface area (Å²) in [5, 5.41) is 3.48. The SMILES string of the molecule is CC(C)CCc1ccc(C2CCNCC2C)cc1. The normalized spacial score (nSPS) is 24.4. The van der Waals surface area contributed by atoms with Gasteiger partial charge < -0.3 is 5.32 Å². The van der Waals surface area contributed by atoms with Gasteiger partial charge in [-0.3, -0.25) is 0 Å². The van der Waals surface area contributed by atoms with Crippen LogP contribution in [-0.4, -0.2) is 13.1 Å². The molecule has 2 atom stereocenters. The van der Waals surface area contributed by atoms with Crippen LogP contribution >= 0.6 is 0 Å². The average Bonchev–Trinajstić information content (AvgIpc) is 2.38. The summed E-state index contributed by atoms with van der Waals surface area (Å²) in [5.41, 5.74) is 3.03. The van der Waals surface area contributed by atoms with Gasteiger partial charge in [0.05, 0.1) is 0 Å². The molecular formula is C17H27N. The third kappa shape index (κ3) is 3.58. The summed E-state index contributed by atoms with van der Waals surface area (Å²) in [6.07, 6.45) is 3.80. The first-order chi connectivity index (χ1) is 8.66. The van der Waals surface area contributed by atoms with Gasteiger partial charge in [-0.05, 0) is 61.2 Å². The van der Waals surface area contributed by atoms with E-state index in [2.05, 4.69) is 50.4 Å². The van der Waals surface area contributed by atoms with E-state index in [1.807, 2.05) is 0 Å². The molecule has 1 aliphatic rings. The van der Waals surface area contributed by atoms with Crippen LogP contribution in [0.4, 0.5) is 0 Å². The maximum atomic E-state index is 3.48. The molecule has 1 aromatic carbocycles. The van der Waals surface area contributed by atoms with Crippen molar-refractivity contribution in [2.75, 3.05) is 13.1 Å². The molecule has 0 saturated carbocycles. The van der Waals surface area contributed by atoms with Crippen molar-refractivity contribution in [2.24, 2.45) is 11.8 Å². The van der Waals surface area contributed by atoms with E-state index in [0.29, 0.717) is 0 Å². The van der Waals surface area contributed by atoms with Gasteiger partial charge >= 0.3 is 0 Å². The van der Waals surface area contributed by atoms with Crippen molar-refractivity contribution in [1.82, 2.24) is 5.32 Å². The van der Waals surface area contributed by atoms with E-state index in [1.54, 1.807) is 0 Å². The van der Waals surface area contributed by atoms with Gasteiger partial charge in [-0.2, -0.15) is 0 Å². The summed E-state index contributed by atoms with van der Waals surface area (Å²) >= 11 is 0. The third-order valence-electron chi connectivity index (χ3n) is 4.20. The zero-order valence-corrected chi connectivity index (χ0v) is 12.1. The summed E-state index contributed by atoms with van der Waals surface area (Å²) in [5.74, 6) is 2.32. The monoisotopic (exact) mass is 245 g/mol. The molecular weight excluding hydrogens is 218 g/mol. The lowest BCUT2D eigenvalue weighted by Gasteiger charge is -2.30. The minimum Gasteiger partial charge on any atom is -0.316 e. The quantitative estimate of drug-likeness (QED) is 0.846. The molecule has 0 aromatic heterocycles. The molecule has 2 rings (SSSR count). The number of nitrogens with one attached hydrogen (secondary N) is 1. The highest BCUT2D eigenvalue weighted by Crippen LogP contribution is 2.30. The molecule has 1 fully saturated rings.